The van der Waals surface area contributed by atoms with Crippen LogP contribution in [0, 0.1) is 0 Å². The van der Waals surface area contributed by atoms with E-state index in [0.717, 1.165) is 30.4 Å². The number of rotatable bonds is 2. The predicted octanol–water partition coefficient (Wildman–Crippen LogP) is 3.46. The molecule has 1 heterocycles. The molecule has 0 radical (unpaired) electrons. The summed E-state index contributed by atoms with van der Waals surface area (Å²) in [6.07, 6.45) is 2.01. The van der Waals surface area contributed by atoms with Crippen molar-refractivity contribution in [2.75, 3.05) is 20.2 Å². The van der Waals surface area contributed by atoms with Gasteiger partial charge in [-0.25, -0.2) is 0 Å². The van der Waals surface area contributed by atoms with Crippen LogP contribution in [0.2, 0.25) is 0 Å². The Balaban J connectivity index is 2.18. The van der Waals surface area contributed by atoms with Gasteiger partial charge < -0.3 is 9.64 Å². The lowest BCUT2D eigenvalue weighted by Gasteiger charge is -2.30. The number of amides is 1. The van der Waals surface area contributed by atoms with Gasteiger partial charge >= 0.3 is 0 Å². The standard InChI is InChI=1S/C13H15Br2NO2/c1-18-12-8-10(15)2-3-11(12)13(17)16-6-4-9(14)5-7-16/h2-3,8-9H,4-7H2,1H3. The van der Waals surface area contributed by atoms with Crippen molar-refractivity contribution in [3.8, 4) is 5.75 Å². The van der Waals surface area contributed by atoms with Gasteiger partial charge in [0.15, 0.2) is 0 Å². The highest BCUT2D eigenvalue weighted by Crippen LogP contribution is 2.26. The molecule has 2 rings (SSSR count). The van der Waals surface area contributed by atoms with Crippen molar-refractivity contribution < 1.29 is 9.53 Å². The minimum Gasteiger partial charge on any atom is -0.496 e. The molecule has 0 saturated carbocycles. The number of hydrogen-bond donors (Lipinski definition) is 0. The Morgan fingerprint density at radius 2 is 2.06 bits per heavy atom. The van der Waals surface area contributed by atoms with E-state index >= 15 is 0 Å². The van der Waals surface area contributed by atoms with E-state index < -0.39 is 0 Å². The van der Waals surface area contributed by atoms with Crippen LogP contribution in [0.15, 0.2) is 22.7 Å². The van der Waals surface area contributed by atoms with E-state index in [2.05, 4.69) is 31.9 Å². The second-order valence-corrected chi connectivity index (χ2v) is 6.52. The maximum Gasteiger partial charge on any atom is 0.257 e. The summed E-state index contributed by atoms with van der Waals surface area (Å²) in [5.41, 5.74) is 0.633. The Morgan fingerprint density at radius 3 is 2.67 bits per heavy atom. The highest BCUT2D eigenvalue weighted by Gasteiger charge is 2.24. The molecule has 0 aromatic heterocycles. The number of carbonyl (C=O) groups is 1. The number of hydrogen-bond acceptors (Lipinski definition) is 2. The van der Waals surface area contributed by atoms with Crippen molar-refractivity contribution in [1.82, 2.24) is 4.90 Å². The number of piperidine rings is 1. The average Bonchev–Trinajstić information content (AvgIpc) is 2.38. The molecule has 1 saturated heterocycles. The monoisotopic (exact) mass is 375 g/mol. The molecule has 0 N–H and O–H groups in total. The van der Waals surface area contributed by atoms with Crippen molar-refractivity contribution in [3.05, 3.63) is 28.2 Å². The molecular formula is C13H15Br2NO2. The van der Waals surface area contributed by atoms with Gasteiger partial charge in [-0.05, 0) is 31.0 Å². The zero-order valence-corrected chi connectivity index (χ0v) is 13.3. The maximum absolute atomic E-state index is 12.4. The van der Waals surface area contributed by atoms with E-state index in [1.165, 1.54) is 0 Å². The molecular weight excluding hydrogens is 362 g/mol. The van der Waals surface area contributed by atoms with Crippen LogP contribution in [0.25, 0.3) is 0 Å². The number of benzene rings is 1. The molecule has 1 aromatic rings. The van der Waals surface area contributed by atoms with E-state index in [1.807, 2.05) is 23.1 Å². The highest BCUT2D eigenvalue weighted by atomic mass is 79.9. The number of ether oxygens (including phenoxy) is 1. The fourth-order valence-corrected chi connectivity index (χ4v) is 2.81. The van der Waals surface area contributed by atoms with E-state index in [4.69, 9.17) is 4.74 Å². The smallest absolute Gasteiger partial charge is 0.257 e. The molecule has 0 atom stereocenters. The Bertz CT molecular complexity index is 443. The molecule has 0 spiro atoms. The highest BCUT2D eigenvalue weighted by molar-refractivity contribution is 9.10. The van der Waals surface area contributed by atoms with E-state index in [9.17, 15) is 4.79 Å². The van der Waals surface area contributed by atoms with Crippen molar-refractivity contribution in [2.24, 2.45) is 0 Å². The van der Waals surface area contributed by atoms with E-state index in [1.54, 1.807) is 7.11 Å². The normalized spacial score (nSPS) is 16.7. The number of likely N-dealkylation sites (tertiary alicyclic amines) is 1. The van der Waals surface area contributed by atoms with Gasteiger partial charge in [-0.1, -0.05) is 31.9 Å². The third-order valence-electron chi connectivity index (χ3n) is 3.11. The van der Waals surface area contributed by atoms with E-state index in [0.29, 0.717) is 16.1 Å². The summed E-state index contributed by atoms with van der Waals surface area (Å²) >= 11 is 6.97. The van der Waals surface area contributed by atoms with Crippen LogP contribution in [-0.2, 0) is 0 Å². The molecule has 1 aliphatic heterocycles. The Hall–Kier alpha value is -0.550. The first-order chi connectivity index (χ1) is 8.61. The Labute approximate surface area is 124 Å². The van der Waals surface area contributed by atoms with Gasteiger partial charge in [0.25, 0.3) is 5.91 Å². The van der Waals surface area contributed by atoms with Crippen molar-refractivity contribution >= 4 is 37.8 Å². The first-order valence-electron chi connectivity index (χ1n) is 5.88. The van der Waals surface area contributed by atoms with Gasteiger partial charge in [-0.15, -0.1) is 0 Å². The second-order valence-electron chi connectivity index (χ2n) is 4.31. The first-order valence-corrected chi connectivity index (χ1v) is 7.59. The van der Waals surface area contributed by atoms with E-state index in [-0.39, 0.29) is 5.91 Å². The van der Waals surface area contributed by atoms with Gasteiger partial charge in [0.1, 0.15) is 5.75 Å². The minimum absolute atomic E-state index is 0.0544. The van der Waals surface area contributed by atoms with Crippen molar-refractivity contribution in [2.45, 2.75) is 17.7 Å². The minimum atomic E-state index is 0.0544. The Kier molecular flexibility index (Phi) is 4.67. The molecule has 1 aromatic carbocycles. The van der Waals surface area contributed by atoms with Crippen LogP contribution < -0.4 is 4.74 Å². The topological polar surface area (TPSA) is 29.5 Å². The molecule has 1 fully saturated rings. The lowest BCUT2D eigenvalue weighted by molar-refractivity contribution is 0.0725. The fourth-order valence-electron chi connectivity index (χ4n) is 2.06. The van der Waals surface area contributed by atoms with Crippen LogP contribution in [-0.4, -0.2) is 35.8 Å². The first kappa shape index (κ1) is 13.9. The van der Waals surface area contributed by atoms with Gasteiger partial charge in [0.05, 0.1) is 12.7 Å². The molecule has 3 nitrogen and oxygen atoms in total. The Morgan fingerprint density at radius 1 is 1.39 bits per heavy atom. The van der Waals surface area contributed by atoms with Crippen LogP contribution in [0.4, 0.5) is 0 Å². The molecule has 1 amide bonds. The largest absolute Gasteiger partial charge is 0.496 e. The second kappa shape index (κ2) is 6.06. The van der Waals surface area contributed by atoms with Gasteiger partial charge in [-0.2, -0.15) is 0 Å². The zero-order chi connectivity index (χ0) is 13.1. The lowest BCUT2D eigenvalue weighted by Crippen LogP contribution is -2.38. The van der Waals surface area contributed by atoms with Gasteiger partial charge in [0, 0.05) is 22.4 Å². The zero-order valence-electron chi connectivity index (χ0n) is 10.2. The van der Waals surface area contributed by atoms with Gasteiger partial charge in [0.2, 0.25) is 0 Å². The fraction of sp³-hybridized carbons (Fsp3) is 0.462. The summed E-state index contributed by atoms with van der Waals surface area (Å²) in [5, 5.41) is 0. The lowest BCUT2D eigenvalue weighted by atomic mass is 10.1. The van der Waals surface area contributed by atoms with Gasteiger partial charge in [-0.3, -0.25) is 4.79 Å². The third kappa shape index (κ3) is 3.06. The molecule has 0 bridgehead atoms. The summed E-state index contributed by atoms with van der Waals surface area (Å²) < 4.78 is 6.18. The maximum atomic E-state index is 12.4. The number of alkyl halides is 1. The average molecular weight is 377 g/mol. The quantitative estimate of drug-likeness (QED) is 0.739. The number of nitrogens with zero attached hydrogens (tertiary/aromatic N) is 1. The van der Waals surface area contributed by atoms with Crippen LogP contribution in [0.3, 0.4) is 0 Å². The third-order valence-corrected chi connectivity index (χ3v) is 4.51. The van der Waals surface area contributed by atoms with Crippen molar-refractivity contribution in [3.63, 3.8) is 0 Å². The summed E-state index contributed by atoms with van der Waals surface area (Å²) in [4.78, 5) is 14.8. The molecule has 18 heavy (non-hydrogen) atoms. The predicted molar refractivity (Wildman–Crippen MR) is 78.5 cm³/mol. The number of halogens is 2. The number of carbonyl (C=O) groups excluding carboxylic acids is 1. The molecule has 5 heteroatoms. The summed E-state index contributed by atoms with van der Waals surface area (Å²) in [6, 6.07) is 5.50. The summed E-state index contributed by atoms with van der Waals surface area (Å²) in [6.45, 7) is 1.60. The van der Waals surface area contributed by atoms with Crippen LogP contribution in [0.5, 0.6) is 5.75 Å². The molecule has 0 aliphatic carbocycles. The summed E-state index contributed by atoms with van der Waals surface area (Å²) in [7, 11) is 1.59. The summed E-state index contributed by atoms with van der Waals surface area (Å²) in [5.74, 6) is 0.675. The number of methoxy groups -OCH3 is 1. The SMILES string of the molecule is COc1cc(Br)ccc1C(=O)N1CCC(Br)CC1. The molecule has 1 aliphatic rings. The van der Waals surface area contributed by atoms with Crippen LogP contribution in [0.1, 0.15) is 23.2 Å². The molecule has 0 unspecified atom stereocenters. The molecule has 98 valence electrons. The van der Waals surface area contributed by atoms with Crippen molar-refractivity contribution in [1.29, 1.82) is 0 Å². The van der Waals surface area contributed by atoms with Crippen LogP contribution >= 0.6 is 31.9 Å².